The summed E-state index contributed by atoms with van der Waals surface area (Å²) in [6, 6.07) is 2.57. The third kappa shape index (κ3) is 2.74. The highest BCUT2D eigenvalue weighted by molar-refractivity contribution is 5.71. The number of imidazole rings is 1. The van der Waals surface area contributed by atoms with Crippen LogP contribution in [0.4, 0.5) is 11.5 Å². The molecule has 2 aromatic rings. The Morgan fingerprint density at radius 3 is 3.05 bits per heavy atom. The van der Waals surface area contributed by atoms with E-state index in [2.05, 4.69) is 31.7 Å². The quantitative estimate of drug-likeness (QED) is 0.871. The Morgan fingerprint density at radius 2 is 2.23 bits per heavy atom. The van der Waals surface area contributed by atoms with Crippen molar-refractivity contribution < 1.29 is 4.74 Å². The van der Waals surface area contributed by atoms with E-state index in [1.165, 1.54) is 12.8 Å². The molecule has 2 aliphatic rings. The minimum Gasteiger partial charge on any atom is -0.378 e. The zero-order valence-corrected chi connectivity index (χ0v) is 12.7. The number of nitrogens with one attached hydrogen (secondary N) is 2. The van der Waals surface area contributed by atoms with Crippen LogP contribution in [0.25, 0.3) is 5.65 Å². The number of fused-ring (bicyclic) bond motifs is 1. The minimum atomic E-state index is 0.444. The van der Waals surface area contributed by atoms with Crippen molar-refractivity contribution in [2.24, 2.45) is 0 Å². The lowest BCUT2D eigenvalue weighted by molar-refractivity contribution is 0.123. The first-order chi connectivity index (χ1) is 10.9. The monoisotopic (exact) mass is 302 g/mol. The maximum absolute atomic E-state index is 5.46. The normalized spacial score (nSPS) is 22.9. The van der Waals surface area contributed by atoms with Gasteiger partial charge in [-0.1, -0.05) is 0 Å². The number of aromatic nitrogens is 3. The van der Waals surface area contributed by atoms with Crippen molar-refractivity contribution in [3.63, 3.8) is 0 Å². The van der Waals surface area contributed by atoms with Crippen LogP contribution in [0.3, 0.4) is 0 Å². The van der Waals surface area contributed by atoms with E-state index in [9.17, 15) is 0 Å². The number of anilines is 2. The lowest BCUT2D eigenvalue weighted by Gasteiger charge is -2.30. The Labute approximate surface area is 129 Å². The van der Waals surface area contributed by atoms with Crippen LogP contribution in [0.5, 0.6) is 0 Å². The second kappa shape index (κ2) is 6.10. The molecule has 2 aliphatic heterocycles. The van der Waals surface area contributed by atoms with Crippen molar-refractivity contribution in [1.29, 1.82) is 0 Å². The molecule has 0 amide bonds. The van der Waals surface area contributed by atoms with Gasteiger partial charge in [-0.3, -0.25) is 0 Å². The first kappa shape index (κ1) is 13.8. The fourth-order valence-electron chi connectivity index (χ4n) is 3.19. The molecule has 0 aliphatic carbocycles. The summed E-state index contributed by atoms with van der Waals surface area (Å²) in [6.45, 7) is 5.45. The van der Waals surface area contributed by atoms with E-state index in [-0.39, 0.29) is 0 Å². The van der Waals surface area contributed by atoms with Gasteiger partial charge in [0.1, 0.15) is 5.82 Å². The van der Waals surface area contributed by atoms with Gasteiger partial charge in [0.05, 0.1) is 18.9 Å². The van der Waals surface area contributed by atoms with E-state index in [0.717, 1.165) is 56.5 Å². The number of hydrogen-bond donors (Lipinski definition) is 2. The van der Waals surface area contributed by atoms with Crippen molar-refractivity contribution in [2.45, 2.75) is 18.9 Å². The molecule has 0 radical (unpaired) electrons. The Hall–Kier alpha value is -1.86. The van der Waals surface area contributed by atoms with Crippen LogP contribution in [-0.2, 0) is 4.74 Å². The molecule has 0 bridgehead atoms. The van der Waals surface area contributed by atoms with Crippen LogP contribution in [0.2, 0.25) is 0 Å². The van der Waals surface area contributed by atoms with Crippen molar-refractivity contribution in [3.05, 3.63) is 18.5 Å². The molecule has 1 unspecified atom stereocenters. The molecule has 2 saturated heterocycles. The van der Waals surface area contributed by atoms with Crippen molar-refractivity contribution >= 4 is 17.2 Å². The van der Waals surface area contributed by atoms with Gasteiger partial charge in [0, 0.05) is 44.1 Å². The number of rotatable bonds is 3. The summed E-state index contributed by atoms with van der Waals surface area (Å²) >= 11 is 0. The number of hydrogen-bond acceptors (Lipinski definition) is 6. The molecule has 4 heterocycles. The van der Waals surface area contributed by atoms with Gasteiger partial charge in [-0.25, -0.2) is 9.50 Å². The van der Waals surface area contributed by atoms with Crippen molar-refractivity contribution in [3.8, 4) is 0 Å². The fourth-order valence-corrected chi connectivity index (χ4v) is 3.19. The van der Waals surface area contributed by atoms with E-state index in [0.29, 0.717) is 6.04 Å². The summed E-state index contributed by atoms with van der Waals surface area (Å²) in [5.41, 5.74) is 2.05. The van der Waals surface area contributed by atoms with Crippen LogP contribution in [-0.4, -0.2) is 60.0 Å². The molecule has 7 heteroatoms. The van der Waals surface area contributed by atoms with Gasteiger partial charge in [0.25, 0.3) is 0 Å². The Balaban J connectivity index is 1.63. The Kier molecular flexibility index (Phi) is 3.82. The third-order valence-electron chi connectivity index (χ3n) is 4.34. The highest BCUT2D eigenvalue weighted by atomic mass is 16.5. The summed E-state index contributed by atoms with van der Waals surface area (Å²) in [4.78, 5) is 6.79. The van der Waals surface area contributed by atoms with Gasteiger partial charge in [0.15, 0.2) is 5.65 Å². The van der Waals surface area contributed by atoms with Crippen molar-refractivity contribution in [2.75, 3.05) is 49.6 Å². The smallest absolute Gasteiger partial charge is 0.177 e. The second-order valence-corrected chi connectivity index (χ2v) is 5.90. The maximum atomic E-state index is 5.46. The van der Waals surface area contributed by atoms with Crippen LogP contribution < -0.4 is 15.5 Å². The maximum Gasteiger partial charge on any atom is 0.177 e. The summed E-state index contributed by atoms with van der Waals surface area (Å²) in [6.07, 6.45) is 6.10. The van der Waals surface area contributed by atoms with E-state index in [1.807, 2.05) is 10.7 Å². The first-order valence-corrected chi connectivity index (χ1v) is 8.04. The zero-order chi connectivity index (χ0) is 14.8. The average molecular weight is 302 g/mol. The van der Waals surface area contributed by atoms with Crippen molar-refractivity contribution in [1.82, 2.24) is 19.9 Å². The molecule has 1 atom stereocenters. The number of piperidine rings is 1. The largest absolute Gasteiger partial charge is 0.378 e. The summed E-state index contributed by atoms with van der Waals surface area (Å²) in [5, 5.41) is 11.6. The molecular weight excluding hydrogens is 280 g/mol. The number of morpholine rings is 1. The molecule has 7 nitrogen and oxygen atoms in total. The van der Waals surface area contributed by atoms with Crippen LogP contribution >= 0.6 is 0 Å². The first-order valence-electron chi connectivity index (χ1n) is 8.04. The highest BCUT2D eigenvalue weighted by Crippen LogP contribution is 2.24. The van der Waals surface area contributed by atoms with Crippen LogP contribution in [0.1, 0.15) is 12.8 Å². The fraction of sp³-hybridized carbons (Fsp3) is 0.600. The molecule has 2 aromatic heterocycles. The van der Waals surface area contributed by atoms with Gasteiger partial charge < -0.3 is 20.3 Å². The molecule has 118 valence electrons. The predicted molar refractivity (Wildman–Crippen MR) is 85.5 cm³/mol. The molecule has 0 saturated carbocycles. The summed E-state index contributed by atoms with van der Waals surface area (Å²) in [5.74, 6) is 0.917. The second-order valence-electron chi connectivity index (χ2n) is 5.90. The number of ether oxygens (including phenoxy) is 1. The summed E-state index contributed by atoms with van der Waals surface area (Å²) < 4.78 is 7.32. The lowest BCUT2D eigenvalue weighted by atomic mass is 10.1. The topological polar surface area (TPSA) is 66.7 Å². The molecule has 22 heavy (non-hydrogen) atoms. The molecule has 2 fully saturated rings. The molecule has 2 N–H and O–H groups in total. The van der Waals surface area contributed by atoms with Gasteiger partial charge in [-0.2, -0.15) is 0 Å². The van der Waals surface area contributed by atoms with Gasteiger partial charge in [-0.15, -0.1) is 5.10 Å². The van der Waals surface area contributed by atoms with Crippen LogP contribution in [0, 0.1) is 0 Å². The average Bonchev–Trinajstić information content (AvgIpc) is 3.04. The van der Waals surface area contributed by atoms with Gasteiger partial charge in [0.2, 0.25) is 0 Å². The molecule has 0 spiro atoms. The Bertz CT molecular complexity index is 630. The Morgan fingerprint density at radius 1 is 1.32 bits per heavy atom. The zero-order valence-electron chi connectivity index (χ0n) is 12.7. The van der Waals surface area contributed by atoms with E-state index in [4.69, 9.17) is 4.74 Å². The lowest BCUT2D eigenvalue weighted by Crippen LogP contribution is -2.39. The molecular formula is C15H22N6O. The van der Waals surface area contributed by atoms with Gasteiger partial charge in [-0.05, 0) is 19.4 Å². The SMILES string of the molecule is c1cn2nc(NC3CCCNC3)cc(N3CCOCC3)c2n1. The van der Waals surface area contributed by atoms with Gasteiger partial charge >= 0.3 is 0 Å². The van der Waals surface area contributed by atoms with E-state index < -0.39 is 0 Å². The van der Waals surface area contributed by atoms with Crippen LogP contribution in [0.15, 0.2) is 18.5 Å². The van der Waals surface area contributed by atoms with E-state index >= 15 is 0 Å². The third-order valence-corrected chi connectivity index (χ3v) is 4.34. The molecule has 0 aromatic carbocycles. The van der Waals surface area contributed by atoms with E-state index in [1.54, 1.807) is 6.20 Å². The highest BCUT2D eigenvalue weighted by Gasteiger charge is 2.19. The summed E-state index contributed by atoms with van der Waals surface area (Å²) in [7, 11) is 0. The minimum absolute atomic E-state index is 0.444. The predicted octanol–water partition coefficient (Wildman–Crippen LogP) is 0.730. The standard InChI is InChI=1S/C15H22N6O/c1-2-12(11-16-3-1)18-14-10-13(20-6-8-22-9-7-20)15-17-4-5-21(15)19-14/h4-5,10,12,16H,1-3,6-9,11H2,(H,18,19). The number of nitrogens with zero attached hydrogens (tertiary/aromatic N) is 4. The molecule has 4 rings (SSSR count).